The van der Waals surface area contributed by atoms with Crippen molar-refractivity contribution in [3.8, 4) is 0 Å². The molecule has 0 aliphatic carbocycles. The fourth-order valence-corrected chi connectivity index (χ4v) is 1.26. The third-order valence-electron chi connectivity index (χ3n) is 2.56. The van der Waals surface area contributed by atoms with Crippen LogP contribution in [0.3, 0.4) is 0 Å². The molecule has 4 nitrogen and oxygen atoms in total. The Bertz CT molecular complexity index is 165. The first-order valence-electron chi connectivity index (χ1n) is 6.64. The van der Waals surface area contributed by atoms with Crippen LogP contribution in [0.15, 0.2) is 0 Å². The summed E-state index contributed by atoms with van der Waals surface area (Å²) in [6, 6.07) is 0. The Labute approximate surface area is 106 Å². The Morgan fingerprint density at radius 1 is 1.12 bits per heavy atom. The molecule has 0 heterocycles. The van der Waals surface area contributed by atoms with Crippen molar-refractivity contribution < 1.29 is 14.6 Å². The van der Waals surface area contributed by atoms with Crippen LogP contribution >= 0.6 is 0 Å². The van der Waals surface area contributed by atoms with Gasteiger partial charge in [-0.25, -0.2) is 0 Å². The summed E-state index contributed by atoms with van der Waals surface area (Å²) in [6.45, 7) is 11.4. The average Bonchev–Trinajstić information content (AvgIpc) is 2.27. The first-order chi connectivity index (χ1) is 8.06. The van der Waals surface area contributed by atoms with Crippen molar-refractivity contribution in [1.82, 2.24) is 5.32 Å². The van der Waals surface area contributed by atoms with Crippen LogP contribution in [0.1, 0.15) is 34.1 Å². The van der Waals surface area contributed by atoms with Gasteiger partial charge in [-0.3, -0.25) is 0 Å². The van der Waals surface area contributed by atoms with Gasteiger partial charge in [-0.1, -0.05) is 20.3 Å². The standard InChI is InChI=1S/C13H29NO3/c1-5-12(4)8-14-9-13(15)10-16-6-7-17-11(2)3/h11-15H,5-10H2,1-4H3. The highest BCUT2D eigenvalue weighted by molar-refractivity contribution is 4.61. The minimum Gasteiger partial charge on any atom is -0.389 e. The van der Waals surface area contributed by atoms with Crippen molar-refractivity contribution in [2.75, 3.05) is 32.9 Å². The Morgan fingerprint density at radius 3 is 2.41 bits per heavy atom. The van der Waals surface area contributed by atoms with Gasteiger partial charge < -0.3 is 19.9 Å². The summed E-state index contributed by atoms with van der Waals surface area (Å²) in [5.41, 5.74) is 0. The first kappa shape index (κ1) is 16.8. The smallest absolute Gasteiger partial charge is 0.0897 e. The molecule has 0 spiro atoms. The zero-order valence-corrected chi connectivity index (χ0v) is 11.7. The van der Waals surface area contributed by atoms with Gasteiger partial charge in [-0.2, -0.15) is 0 Å². The maximum atomic E-state index is 9.61. The van der Waals surface area contributed by atoms with Crippen LogP contribution in [0.5, 0.6) is 0 Å². The van der Waals surface area contributed by atoms with Crippen LogP contribution < -0.4 is 5.32 Å². The van der Waals surface area contributed by atoms with E-state index >= 15 is 0 Å². The number of nitrogens with one attached hydrogen (secondary N) is 1. The first-order valence-corrected chi connectivity index (χ1v) is 6.64. The molecular formula is C13H29NO3. The predicted molar refractivity (Wildman–Crippen MR) is 70.2 cm³/mol. The van der Waals surface area contributed by atoms with E-state index in [0.717, 1.165) is 13.0 Å². The van der Waals surface area contributed by atoms with Gasteiger partial charge in [0, 0.05) is 6.54 Å². The largest absolute Gasteiger partial charge is 0.389 e. The summed E-state index contributed by atoms with van der Waals surface area (Å²) in [4.78, 5) is 0. The molecular weight excluding hydrogens is 218 g/mol. The van der Waals surface area contributed by atoms with E-state index in [1.165, 1.54) is 0 Å². The molecule has 2 unspecified atom stereocenters. The third-order valence-corrected chi connectivity index (χ3v) is 2.56. The van der Waals surface area contributed by atoms with Gasteiger partial charge in [0.25, 0.3) is 0 Å². The maximum absolute atomic E-state index is 9.61. The lowest BCUT2D eigenvalue weighted by atomic mass is 10.1. The molecule has 0 aromatic carbocycles. The molecule has 2 N–H and O–H groups in total. The quantitative estimate of drug-likeness (QED) is 0.542. The van der Waals surface area contributed by atoms with Crippen molar-refractivity contribution in [2.45, 2.75) is 46.3 Å². The van der Waals surface area contributed by atoms with Crippen LogP contribution in [-0.2, 0) is 9.47 Å². The average molecular weight is 247 g/mol. The second-order valence-corrected chi connectivity index (χ2v) is 4.82. The summed E-state index contributed by atoms with van der Waals surface area (Å²) in [5, 5.41) is 12.8. The van der Waals surface area contributed by atoms with E-state index in [1.807, 2.05) is 13.8 Å². The van der Waals surface area contributed by atoms with E-state index < -0.39 is 6.10 Å². The number of aliphatic hydroxyl groups is 1. The molecule has 104 valence electrons. The fourth-order valence-electron chi connectivity index (χ4n) is 1.26. The molecule has 0 fully saturated rings. The Kier molecular flexibility index (Phi) is 10.9. The van der Waals surface area contributed by atoms with Crippen LogP contribution in [-0.4, -0.2) is 50.2 Å². The Hall–Kier alpha value is -0.160. The van der Waals surface area contributed by atoms with Crippen LogP contribution in [0.4, 0.5) is 0 Å². The lowest BCUT2D eigenvalue weighted by Crippen LogP contribution is -2.33. The van der Waals surface area contributed by atoms with Gasteiger partial charge in [0.15, 0.2) is 0 Å². The minimum absolute atomic E-state index is 0.237. The molecule has 0 aliphatic rings. The van der Waals surface area contributed by atoms with E-state index in [-0.39, 0.29) is 6.10 Å². The monoisotopic (exact) mass is 247 g/mol. The highest BCUT2D eigenvalue weighted by Gasteiger charge is 2.05. The third kappa shape index (κ3) is 12.1. The van der Waals surface area contributed by atoms with Crippen molar-refractivity contribution in [3.05, 3.63) is 0 Å². The molecule has 0 radical (unpaired) electrons. The second kappa shape index (κ2) is 11.0. The van der Waals surface area contributed by atoms with Crippen molar-refractivity contribution in [1.29, 1.82) is 0 Å². The van der Waals surface area contributed by atoms with Gasteiger partial charge >= 0.3 is 0 Å². The molecule has 0 aromatic rings. The zero-order valence-electron chi connectivity index (χ0n) is 11.7. The van der Waals surface area contributed by atoms with E-state index in [2.05, 4.69) is 19.2 Å². The highest BCUT2D eigenvalue weighted by Crippen LogP contribution is 1.97. The number of hydrogen-bond acceptors (Lipinski definition) is 4. The lowest BCUT2D eigenvalue weighted by molar-refractivity contribution is -0.0101. The molecule has 17 heavy (non-hydrogen) atoms. The molecule has 0 saturated carbocycles. The van der Waals surface area contributed by atoms with Gasteiger partial charge in [0.05, 0.1) is 32.0 Å². The molecule has 0 rings (SSSR count). The molecule has 0 bridgehead atoms. The summed E-state index contributed by atoms with van der Waals surface area (Å²) in [5.74, 6) is 0.655. The van der Waals surface area contributed by atoms with Crippen LogP contribution in [0.2, 0.25) is 0 Å². The lowest BCUT2D eigenvalue weighted by Gasteiger charge is -2.15. The van der Waals surface area contributed by atoms with Crippen LogP contribution in [0.25, 0.3) is 0 Å². The van der Waals surface area contributed by atoms with E-state index in [4.69, 9.17) is 9.47 Å². The summed E-state index contributed by atoms with van der Waals surface area (Å²) in [7, 11) is 0. The minimum atomic E-state index is -0.432. The van der Waals surface area contributed by atoms with Crippen molar-refractivity contribution in [3.63, 3.8) is 0 Å². The molecule has 0 saturated heterocycles. The number of ether oxygens (including phenoxy) is 2. The molecule has 0 aliphatic heterocycles. The van der Waals surface area contributed by atoms with Gasteiger partial charge in [0.1, 0.15) is 0 Å². The second-order valence-electron chi connectivity index (χ2n) is 4.82. The Morgan fingerprint density at radius 2 is 1.82 bits per heavy atom. The van der Waals surface area contributed by atoms with Crippen molar-refractivity contribution in [2.24, 2.45) is 5.92 Å². The number of aliphatic hydroxyl groups excluding tert-OH is 1. The number of hydrogen-bond donors (Lipinski definition) is 2. The van der Waals surface area contributed by atoms with Gasteiger partial charge in [-0.15, -0.1) is 0 Å². The SMILES string of the molecule is CCC(C)CNCC(O)COCCOC(C)C. The van der Waals surface area contributed by atoms with E-state index in [1.54, 1.807) is 0 Å². The predicted octanol–water partition coefficient (Wildman–Crippen LogP) is 1.42. The van der Waals surface area contributed by atoms with E-state index in [9.17, 15) is 5.11 Å². The van der Waals surface area contributed by atoms with Gasteiger partial charge in [-0.05, 0) is 26.3 Å². The number of rotatable bonds is 11. The topological polar surface area (TPSA) is 50.7 Å². The summed E-state index contributed by atoms with van der Waals surface area (Å²) >= 11 is 0. The van der Waals surface area contributed by atoms with Crippen molar-refractivity contribution >= 4 is 0 Å². The summed E-state index contributed by atoms with van der Waals surface area (Å²) < 4.78 is 10.6. The highest BCUT2D eigenvalue weighted by atomic mass is 16.5. The van der Waals surface area contributed by atoms with Gasteiger partial charge in [0.2, 0.25) is 0 Å². The Balaban J connectivity index is 3.26. The van der Waals surface area contributed by atoms with E-state index in [0.29, 0.717) is 32.3 Å². The normalized spacial score (nSPS) is 15.2. The molecule has 4 heteroatoms. The summed E-state index contributed by atoms with van der Waals surface area (Å²) in [6.07, 6.45) is 0.963. The zero-order chi connectivity index (χ0) is 13.1. The maximum Gasteiger partial charge on any atom is 0.0897 e. The molecule has 2 atom stereocenters. The fraction of sp³-hybridized carbons (Fsp3) is 1.00. The van der Waals surface area contributed by atoms with Crippen LogP contribution in [0, 0.1) is 5.92 Å². The molecule has 0 aromatic heterocycles. The molecule has 0 amide bonds.